The Morgan fingerprint density at radius 3 is 2.48 bits per heavy atom. The SMILES string of the molecule is C=C(C)COc1cccc(C(=O)Nc2ccc(C(=O)OCCCC)cc2)c1. The van der Waals surface area contributed by atoms with Crippen molar-refractivity contribution < 1.29 is 19.1 Å². The van der Waals surface area contributed by atoms with Gasteiger partial charge in [-0.25, -0.2) is 4.79 Å². The maximum atomic E-state index is 12.4. The summed E-state index contributed by atoms with van der Waals surface area (Å²) in [5.41, 5.74) is 2.44. The monoisotopic (exact) mass is 367 g/mol. The lowest BCUT2D eigenvalue weighted by Gasteiger charge is -2.09. The number of hydrogen-bond donors (Lipinski definition) is 1. The van der Waals surface area contributed by atoms with Gasteiger partial charge in [0.1, 0.15) is 12.4 Å². The maximum Gasteiger partial charge on any atom is 0.338 e. The smallest absolute Gasteiger partial charge is 0.338 e. The van der Waals surface area contributed by atoms with Crippen LogP contribution in [0.1, 0.15) is 47.4 Å². The van der Waals surface area contributed by atoms with Crippen LogP contribution in [0.3, 0.4) is 0 Å². The number of rotatable bonds is 9. The van der Waals surface area contributed by atoms with Crippen LogP contribution in [0.2, 0.25) is 0 Å². The van der Waals surface area contributed by atoms with E-state index in [1.807, 2.05) is 13.8 Å². The molecule has 1 amide bonds. The second-order valence-electron chi connectivity index (χ2n) is 6.29. The van der Waals surface area contributed by atoms with E-state index in [4.69, 9.17) is 9.47 Å². The number of ether oxygens (including phenoxy) is 2. The molecule has 0 radical (unpaired) electrons. The molecule has 0 bridgehead atoms. The molecule has 2 rings (SSSR count). The van der Waals surface area contributed by atoms with Gasteiger partial charge in [-0.15, -0.1) is 0 Å². The number of hydrogen-bond acceptors (Lipinski definition) is 4. The van der Waals surface area contributed by atoms with Crippen molar-refractivity contribution in [3.63, 3.8) is 0 Å². The van der Waals surface area contributed by atoms with Crippen molar-refractivity contribution in [2.24, 2.45) is 0 Å². The molecule has 142 valence electrons. The summed E-state index contributed by atoms with van der Waals surface area (Å²) in [4.78, 5) is 24.3. The zero-order valence-electron chi connectivity index (χ0n) is 15.8. The predicted molar refractivity (Wildman–Crippen MR) is 106 cm³/mol. The Morgan fingerprint density at radius 2 is 1.81 bits per heavy atom. The number of unbranched alkanes of at least 4 members (excludes halogenated alkanes) is 1. The summed E-state index contributed by atoms with van der Waals surface area (Å²) >= 11 is 0. The molecule has 2 aromatic rings. The van der Waals surface area contributed by atoms with Crippen LogP contribution >= 0.6 is 0 Å². The molecule has 1 N–H and O–H groups in total. The lowest BCUT2D eigenvalue weighted by atomic mass is 10.1. The highest BCUT2D eigenvalue weighted by Crippen LogP contribution is 2.17. The number of anilines is 1. The maximum absolute atomic E-state index is 12.4. The van der Waals surface area contributed by atoms with E-state index in [2.05, 4.69) is 11.9 Å². The van der Waals surface area contributed by atoms with E-state index in [0.717, 1.165) is 18.4 Å². The Labute approximate surface area is 160 Å². The summed E-state index contributed by atoms with van der Waals surface area (Å²) in [5, 5.41) is 2.80. The third-order valence-corrected chi connectivity index (χ3v) is 3.69. The Hall–Kier alpha value is -3.08. The van der Waals surface area contributed by atoms with Gasteiger partial charge in [0.15, 0.2) is 0 Å². The summed E-state index contributed by atoms with van der Waals surface area (Å²) in [5.74, 6) is -0.00596. The van der Waals surface area contributed by atoms with E-state index in [-0.39, 0.29) is 11.9 Å². The first-order valence-corrected chi connectivity index (χ1v) is 8.95. The molecule has 0 unspecified atom stereocenters. The number of nitrogens with one attached hydrogen (secondary N) is 1. The molecule has 0 aliphatic carbocycles. The molecule has 0 saturated carbocycles. The molecule has 0 aliphatic rings. The number of carbonyl (C=O) groups is 2. The molecule has 0 heterocycles. The minimum atomic E-state index is -0.358. The van der Waals surface area contributed by atoms with Gasteiger partial charge in [0.25, 0.3) is 5.91 Å². The lowest BCUT2D eigenvalue weighted by molar-refractivity contribution is 0.0499. The summed E-state index contributed by atoms with van der Waals surface area (Å²) in [6.07, 6.45) is 1.81. The third kappa shape index (κ3) is 6.62. The molecule has 0 saturated heterocycles. The second-order valence-corrected chi connectivity index (χ2v) is 6.29. The Bertz CT molecular complexity index is 796. The van der Waals surface area contributed by atoms with Crippen LogP contribution in [0.5, 0.6) is 5.75 Å². The van der Waals surface area contributed by atoms with Crippen molar-refractivity contribution in [3.05, 3.63) is 71.8 Å². The zero-order valence-corrected chi connectivity index (χ0v) is 15.8. The fourth-order valence-corrected chi connectivity index (χ4v) is 2.22. The average Bonchev–Trinajstić information content (AvgIpc) is 2.67. The minimum absolute atomic E-state index is 0.256. The molecule has 27 heavy (non-hydrogen) atoms. The van der Waals surface area contributed by atoms with E-state index in [0.29, 0.717) is 35.8 Å². The van der Waals surface area contributed by atoms with Crippen molar-refractivity contribution in [1.29, 1.82) is 0 Å². The van der Waals surface area contributed by atoms with Crippen molar-refractivity contribution in [2.75, 3.05) is 18.5 Å². The van der Waals surface area contributed by atoms with Gasteiger partial charge in [0.2, 0.25) is 0 Å². The quantitative estimate of drug-likeness (QED) is 0.391. The van der Waals surface area contributed by atoms with Crippen molar-refractivity contribution in [3.8, 4) is 5.75 Å². The van der Waals surface area contributed by atoms with Gasteiger partial charge >= 0.3 is 5.97 Å². The first kappa shape index (κ1) is 20.2. The highest BCUT2D eigenvalue weighted by molar-refractivity contribution is 6.04. The van der Waals surface area contributed by atoms with Crippen molar-refractivity contribution in [1.82, 2.24) is 0 Å². The normalized spacial score (nSPS) is 10.1. The van der Waals surface area contributed by atoms with Crippen LogP contribution in [-0.2, 0) is 4.74 Å². The number of amides is 1. The molecule has 2 aromatic carbocycles. The molecule has 5 heteroatoms. The molecule has 5 nitrogen and oxygen atoms in total. The highest BCUT2D eigenvalue weighted by Gasteiger charge is 2.10. The molecule has 0 atom stereocenters. The Kier molecular flexibility index (Phi) is 7.62. The first-order chi connectivity index (χ1) is 13.0. The van der Waals surface area contributed by atoms with Gasteiger partial charge in [0, 0.05) is 11.3 Å². The van der Waals surface area contributed by atoms with Crippen molar-refractivity contribution >= 4 is 17.6 Å². The number of benzene rings is 2. The minimum Gasteiger partial charge on any atom is -0.489 e. The van der Waals surface area contributed by atoms with Crippen LogP contribution < -0.4 is 10.1 Å². The average molecular weight is 367 g/mol. The first-order valence-electron chi connectivity index (χ1n) is 8.95. The van der Waals surface area contributed by atoms with Gasteiger partial charge in [0.05, 0.1) is 12.2 Å². The molecule has 0 fully saturated rings. The highest BCUT2D eigenvalue weighted by atomic mass is 16.5. The van der Waals surface area contributed by atoms with E-state index in [9.17, 15) is 9.59 Å². The second kappa shape index (κ2) is 10.2. The van der Waals surface area contributed by atoms with E-state index < -0.39 is 0 Å². The predicted octanol–water partition coefficient (Wildman–Crippen LogP) is 4.85. The fourth-order valence-electron chi connectivity index (χ4n) is 2.22. The van der Waals surface area contributed by atoms with Gasteiger partial charge in [-0.1, -0.05) is 26.0 Å². The molecular formula is C22H25NO4. The summed E-state index contributed by atoms with van der Waals surface area (Å²) < 4.78 is 10.7. The molecule has 0 aliphatic heterocycles. The van der Waals surface area contributed by atoms with Crippen molar-refractivity contribution in [2.45, 2.75) is 26.7 Å². The van der Waals surface area contributed by atoms with Crippen LogP contribution in [-0.4, -0.2) is 25.1 Å². The van der Waals surface area contributed by atoms with Gasteiger partial charge in [-0.2, -0.15) is 0 Å². The van der Waals surface area contributed by atoms with Gasteiger partial charge in [-0.3, -0.25) is 4.79 Å². The standard InChI is InChI=1S/C22H25NO4/c1-4-5-13-26-22(25)17-9-11-19(12-10-17)23-21(24)18-7-6-8-20(14-18)27-15-16(2)3/h6-12,14H,2,4-5,13,15H2,1,3H3,(H,23,24). The molecule has 0 aromatic heterocycles. The zero-order chi connectivity index (χ0) is 19.6. The van der Waals surface area contributed by atoms with Gasteiger partial charge < -0.3 is 14.8 Å². The molecular weight excluding hydrogens is 342 g/mol. The number of esters is 1. The van der Waals surface area contributed by atoms with E-state index in [1.54, 1.807) is 48.5 Å². The van der Waals surface area contributed by atoms with Gasteiger partial charge in [-0.05, 0) is 61.4 Å². The summed E-state index contributed by atoms with van der Waals surface area (Å²) in [6, 6.07) is 13.6. The van der Waals surface area contributed by atoms with E-state index >= 15 is 0 Å². The van der Waals surface area contributed by atoms with Crippen LogP contribution in [0, 0.1) is 0 Å². The Balaban J connectivity index is 1.96. The molecule has 0 spiro atoms. The fraction of sp³-hybridized carbons (Fsp3) is 0.273. The summed E-state index contributed by atoms with van der Waals surface area (Å²) in [6.45, 7) is 8.51. The van der Waals surface area contributed by atoms with Crippen LogP contribution in [0.15, 0.2) is 60.7 Å². The number of carbonyl (C=O) groups excluding carboxylic acids is 2. The third-order valence-electron chi connectivity index (χ3n) is 3.69. The van der Waals surface area contributed by atoms with Crippen LogP contribution in [0.25, 0.3) is 0 Å². The topological polar surface area (TPSA) is 64.6 Å². The Morgan fingerprint density at radius 1 is 1.07 bits per heavy atom. The lowest BCUT2D eigenvalue weighted by Crippen LogP contribution is -2.12. The summed E-state index contributed by atoms with van der Waals surface area (Å²) in [7, 11) is 0. The van der Waals surface area contributed by atoms with Crippen LogP contribution in [0.4, 0.5) is 5.69 Å². The van der Waals surface area contributed by atoms with E-state index in [1.165, 1.54) is 0 Å². The largest absolute Gasteiger partial charge is 0.489 e.